The number of likely N-dealkylation sites (tertiary alicyclic amines) is 1. The summed E-state index contributed by atoms with van der Waals surface area (Å²) in [4.78, 5) is 19.0. The molecule has 3 aromatic rings. The second-order valence-corrected chi connectivity index (χ2v) is 9.59. The lowest BCUT2D eigenvalue weighted by atomic mass is 9.96. The molecule has 2 aromatic carbocycles. The number of amides is 1. The molecule has 2 aliphatic rings. The summed E-state index contributed by atoms with van der Waals surface area (Å²) in [6.07, 6.45) is 6.15. The number of ether oxygens (including phenoxy) is 1. The summed E-state index contributed by atoms with van der Waals surface area (Å²) in [6, 6.07) is 15.0. The highest BCUT2D eigenvalue weighted by molar-refractivity contribution is 5.80. The molecule has 7 heteroatoms. The number of hydrogen-bond acceptors (Lipinski definition) is 5. The Morgan fingerprint density at radius 3 is 2.49 bits per heavy atom. The molecule has 0 bridgehead atoms. The molecule has 0 spiro atoms. The molecule has 1 aromatic heterocycles. The maximum Gasteiger partial charge on any atom is 0.222 e. The molecule has 0 aliphatic carbocycles. The Kier molecular flexibility index (Phi) is 6.68. The highest BCUT2D eigenvalue weighted by Gasteiger charge is 2.32. The van der Waals surface area contributed by atoms with Crippen LogP contribution in [-0.2, 0) is 16.0 Å². The maximum atomic E-state index is 14.5. The van der Waals surface area contributed by atoms with Gasteiger partial charge in [-0.3, -0.25) is 4.79 Å². The third-order valence-electron chi connectivity index (χ3n) is 7.21. The van der Waals surface area contributed by atoms with Gasteiger partial charge < -0.3 is 21.1 Å². The summed E-state index contributed by atoms with van der Waals surface area (Å²) in [5.74, 6) is 0.647. The first kappa shape index (κ1) is 23.3. The lowest BCUT2D eigenvalue weighted by Gasteiger charge is -2.31. The number of pyridine rings is 1. The Morgan fingerprint density at radius 2 is 1.74 bits per heavy atom. The van der Waals surface area contributed by atoms with Gasteiger partial charge in [-0.05, 0) is 67.0 Å². The highest BCUT2D eigenvalue weighted by atomic mass is 19.1. The van der Waals surface area contributed by atoms with Gasteiger partial charge in [0.1, 0.15) is 11.6 Å². The number of nitrogens with zero attached hydrogens (tertiary/aromatic N) is 2. The Hall–Kier alpha value is -3.45. The minimum atomic E-state index is -0.428. The van der Waals surface area contributed by atoms with Gasteiger partial charge in [0.25, 0.3) is 0 Å². The van der Waals surface area contributed by atoms with Crippen LogP contribution in [0.2, 0.25) is 0 Å². The van der Waals surface area contributed by atoms with Gasteiger partial charge >= 0.3 is 0 Å². The fourth-order valence-corrected chi connectivity index (χ4v) is 5.17. The average molecular weight is 475 g/mol. The van der Waals surface area contributed by atoms with E-state index in [1.54, 1.807) is 18.3 Å². The minimum absolute atomic E-state index is 0.245. The SMILES string of the molecule is Nc1ccc(-c2cc(-c3ccc(C[C@@H]4CCC(=O)N4CC4CCOCC4)cc3)cnc2N)c(F)c1. The van der Waals surface area contributed by atoms with Gasteiger partial charge in [-0.2, -0.15) is 0 Å². The summed E-state index contributed by atoms with van der Waals surface area (Å²) in [7, 11) is 0. The Bertz CT molecular complexity index is 1210. The van der Waals surface area contributed by atoms with E-state index in [0.717, 1.165) is 56.6 Å². The van der Waals surface area contributed by atoms with Crippen LogP contribution >= 0.6 is 0 Å². The van der Waals surface area contributed by atoms with Gasteiger partial charge in [0, 0.05) is 60.8 Å². The van der Waals surface area contributed by atoms with Crippen LogP contribution < -0.4 is 11.5 Å². The van der Waals surface area contributed by atoms with Crippen LogP contribution in [0, 0.1) is 11.7 Å². The normalized spacial score (nSPS) is 18.8. The number of benzene rings is 2. The molecule has 35 heavy (non-hydrogen) atoms. The number of carbonyl (C=O) groups excluding carboxylic acids is 1. The number of rotatable bonds is 6. The molecule has 1 atom stereocenters. The molecular weight excluding hydrogens is 443 g/mol. The van der Waals surface area contributed by atoms with Crippen molar-refractivity contribution in [2.24, 2.45) is 5.92 Å². The first-order chi connectivity index (χ1) is 17.0. The van der Waals surface area contributed by atoms with Crippen LogP contribution in [0.5, 0.6) is 0 Å². The number of hydrogen-bond donors (Lipinski definition) is 2. The van der Waals surface area contributed by atoms with Crippen molar-refractivity contribution < 1.29 is 13.9 Å². The molecule has 2 saturated heterocycles. The molecule has 4 N–H and O–H groups in total. The number of aromatic nitrogens is 1. The quantitative estimate of drug-likeness (QED) is 0.506. The first-order valence-electron chi connectivity index (χ1n) is 12.3. The van der Waals surface area contributed by atoms with Crippen molar-refractivity contribution in [2.45, 2.75) is 38.1 Å². The second kappa shape index (κ2) is 10.0. The monoisotopic (exact) mass is 474 g/mol. The van der Waals surface area contributed by atoms with Crippen molar-refractivity contribution in [1.29, 1.82) is 0 Å². The van der Waals surface area contributed by atoms with Crippen molar-refractivity contribution in [2.75, 3.05) is 31.2 Å². The van der Waals surface area contributed by atoms with E-state index in [9.17, 15) is 9.18 Å². The lowest BCUT2D eigenvalue weighted by Crippen LogP contribution is -2.39. The van der Waals surface area contributed by atoms with E-state index in [2.05, 4.69) is 22.0 Å². The molecule has 0 radical (unpaired) electrons. The highest BCUT2D eigenvalue weighted by Crippen LogP contribution is 2.33. The zero-order chi connectivity index (χ0) is 24.4. The van der Waals surface area contributed by atoms with Gasteiger partial charge in [-0.1, -0.05) is 24.3 Å². The number of nitrogens with two attached hydrogens (primary N) is 2. The van der Waals surface area contributed by atoms with Gasteiger partial charge in [-0.15, -0.1) is 0 Å². The molecule has 0 saturated carbocycles. The van der Waals surface area contributed by atoms with Gasteiger partial charge in [0.15, 0.2) is 0 Å². The molecule has 2 fully saturated rings. The number of carbonyl (C=O) groups is 1. The van der Waals surface area contributed by atoms with E-state index in [0.29, 0.717) is 29.2 Å². The molecule has 3 heterocycles. The lowest BCUT2D eigenvalue weighted by molar-refractivity contribution is -0.130. The summed E-state index contributed by atoms with van der Waals surface area (Å²) < 4.78 is 20.0. The molecule has 1 amide bonds. The molecular formula is C28H31FN4O2. The van der Waals surface area contributed by atoms with Gasteiger partial charge in [0.05, 0.1) is 0 Å². The Morgan fingerprint density at radius 1 is 0.971 bits per heavy atom. The maximum absolute atomic E-state index is 14.5. The second-order valence-electron chi connectivity index (χ2n) is 9.59. The van der Waals surface area contributed by atoms with Gasteiger partial charge in [0.2, 0.25) is 5.91 Å². The van der Waals surface area contributed by atoms with Crippen LogP contribution in [0.1, 0.15) is 31.2 Å². The smallest absolute Gasteiger partial charge is 0.222 e. The summed E-state index contributed by atoms with van der Waals surface area (Å²) in [6.45, 7) is 2.43. The van der Waals surface area contributed by atoms with Crippen molar-refractivity contribution in [3.63, 3.8) is 0 Å². The zero-order valence-electron chi connectivity index (χ0n) is 19.8. The van der Waals surface area contributed by atoms with E-state index in [4.69, 9.17) is 16.2 Å². The van der Waals surface area contributed by atoms with E-state index >= 15 is 0 Å². The Labute approximate surface area is 205 Å². The van der Waals surface area contributed by atoms with Crippen molar-refractivity contribution >= 4 is 17.4 Å². The first-order valence-corrected chi connectivity index (χ1v) is 12.3. The summed E-state index contributed by atoms with van der Waals surface area (Å²) in [5.41, 5.74) is 16.0. The number of halogens is 1. The topological polar surface area (TPSA) is 94.5 Å². The van der Waals surface area contributed by atoms with E-state index in [-0.39, 0.29) is 17.8 Å². The van der Waals surface area contributed by atoms with Crippen LogP contribution in [0.15, 0.2) is 54.7 Å². The zero-order valence-corrected chi connectivity index (χ0v) is 19.8. The van der Waals surface area contributed by atoms with Crippen LogP contribution in [0.25, 0.3) is 22.3 Å². The Balaban J connectivity index is 1.31. The third kappa shape index (κ3) is 5.15. The van der Waals surface area contributed by atoms with Gasteiger partial charge in [-0.25, -0.2) is 9.37 Å². The fourth-order valence-electron chi connectivity index (χ4n) is 5.17. The van der Waals surface area contributed by atoms with Crippen LogP contribution in [0.3, 0.4) is 0 Å². The molecule has 6 nitrogen and oxygen atoms in total. The number of nitrogen functional groups attached to an aromatic ring is 2. The van der Waals surface area contributed by atoms with E-state index in [1.165, 1.54) is 11.6 Å². The fraction of sp³-hybridized carbons (Fsp3) is 0.357. The summed E-state index contributed by atoms with van der Waals surface area (Å²) >= 11 is 0. The molecule has 5 rings (SSSR count). The third-order valence-corrected chi connectivity index (χ3v) is 7.21. The van der Waals surface area contributed by atoms with Crippen molar-refractivity contribution in [3.05, 3.63) is 66.1 Å². The van der Waals surface area contributed by atoms with Crippen LogP contribution in [0.4, 0.5) is 15.9 Å². The van der Waals surface area contributed by atoms with Crippen LogP contribution in [-0.4, -0.2) is 41.6 Å². The molecule has 0 unspecified atom stereocenters. The minimum Gasteiger partial charge on any atom is -0.399 e. The average Bonchev–Trinajstić information content (AvgIpc) is 3.20. The largest absolute Gasteiger partial charge is 0.399 e. The number of anilines is 2. The predicted molar refractivity (Wildman–Crippen MR) is 136 cm³/mol. The molecule has 2 aliphatic heterocycles. The van der Waals surface area contributed by atoms with E-state index in [1.807, 2.05) is 18.2 Å². The van der Waals surface area contributed by atoms with E-state index < -0.39 is 5.82 Å². The summed E-state index contributed by atoms with van der Waals surface area (Å²) in [5, 5.41) is 0. The van der Waals surface area contributed by atoms with Crippen molar-refractivity contribution in [1.82, 2.24) is 9.88 Å². The predicted octanol–water partition coefficient (Wildman–Crippen LogP) is 4.68. The van der Waals surface area contributed by atoms with Crippen molar-refractivity contribution in [3.8, 4) is 22.3 Å². The molecule has 182 valence electrons. The standard InChI is InChI=1S/C28H31FN4O2/c29-26-15-22(30)5-7-24(26)25-14-21(16-32-28(25)31)20-3-1-18(2-4-20)13-23-6-8-27(34)33(23)17-19-9-11-35-12-10-19/h1-5,7,14-16,19,23H,6,8-13,17,30H2,(H2,31,32)/t23-/m0/s1.